The van der Waals surface area contributed by atoms with Crippen molar-refractivity contribution in [2.45, 2.75) is 10.3 Å². The lowest BCUT2D eigenvalue weighted by molar-refractivity contribution is 0.800. The Kier molecular flexibility index (Phi) is 1.69. The molecule has 0 aromatic carbocycles. The number of aromatic nitrogens is 3. The van der Waals surface area contributed by atoms with Crippen LogP contribution in [0.5, 0.6) is 0 Å². The predicted molar refractivity (Wildman–Crippen MR) is 33.2 cm³/mol. The predicted octanol–water partition coefficient (Wildman–Crippen LogP) is 0.249. The van der Waals surface area contributed by atoms with Gasteiger partial charge in [-0.2, -0.15) is 15.0 Å². The summed E-state index contributed by atoms with van der Waals surface area (Å²) in [7, 11) is 0. The molecule has 0 bridgehead atoms. The normalized spacial score (nSPS) is 9.25. The number of hydrogen-bond donors (Lipinski definition) is 2. The second kappa shape index (κ2) is 2.32. The molecule has 0 N–H and O–H groups in total. The van der Waals surface area contributed by atoms with Crippen LogP contribution in [0.25, 0.3) is 0 Å². The van der Waals surface area contributed by atoms with E-state index in [4.69, 9.17) is 0 Å². The van der Waals surface area contributed by atoms with Gasteiger partial charge in [0.1, 0.15) is 0 Å². The lowest BCUT2D eigenvalue weighted by Crippen LogP contribution is -1.86. The molecule has 8 heavy (non-hydrogen) atoms. The van der Waals surface area contributed by atoms with Crippen LogP contribution in [0.3, 0.4) is 0 Å². The van der Waals surface area contributed by atoms with E-state index in [0.29, 0.717) is 10.3 Å². The molecule has 1 radical (unpaired) electrons. The molecule has 0 fully saturated rings. The van der Waals surface area contributed by atoms with E-state index in [1.54, 1.807) is 0 Å². The second-order valence-corrected chi connectivity index (χ2v) is 1.84. The zero-order chi connectivity index (χ0) is 5.98. The molecular weight excluding hydrogens is 142 g/mol. The van der Waals surface area contributed by atoms with Gasteiger partial charge in [0.15, 0.2) is 10.3 Å². The minimum Gasteiger partial charge on any atom is -0.199 e. The first-order valence-electron chi connectivity index (χ1n) is 1.79. The third-order valence-electron chi connectivity index (χ3n) is 0.500. The van der Waals surface area contributed by atoms with Crippen LogP contribution in [0.1, 0.15) is 0 Å². The maximum absolute atomic E-state index is 3.81. The highest BCUT2D eigenvalue weighted by Crippen LogP contribution is 1.96. The molecular formula is C3H2N3S2. The first-order valence-corrected chi connectivity index (χ1v) is 2.68. The molecule has 3 nitrogen and oxygen atoms in total. The summed E-state index contributed by atoms with van der Waals surface area (Å²) in [5.41, 5.74) is 0. The first kappa shape index (κ1) is 5.84. The van der Waals surface area contributed by atoms with Crippen molar-refractivity contribution in [3.8, 4) is 0 Å². The first-order chi connectivity index (χ1) is 3.79. The Morgan fingerprint density at radius 1 is 1.12 bits per heavy atom. The Bertz CT molecular complexity index is 172. The van der Waals surface area contributed by atoms with Crippen molar-refractivity contribution in [2.75, 3.05) is 0 Å². The lowest BCUT2D eigenvalue weighted by Gasteiger charge is -1.85. The number of thiol groups is 2. The van der Waals surface area contributed by atoms with Crippen LogP contribution in [0.4, 0.5) is 0 Å². The van der Waals surface area contributed by atoms with E-state index >= 15 is 0 Å². The van der Waals surface area contributed by atoms with E-state index in [2.05, 4.69) is 46.5 Å². The smallest absolute Gasteiger partial charge is 0.199 e. The van der Waals surface area contributed by atoms with E-state index in [9.17, 15) is 0 Å². The molecule has 0 aliphatic heterocycles. The van der Waals surface area contributed by atoms with Crippen molar-refractivity contribution < 1.29 is 0 Å². The van der Waals surface area contributed by atoms with Crippen LogP contribution in [0, 0.1) is 6.33 Å². The molecule has 41 valence electrons. The second-order valence-electron chi connectivity index (χ2n) is 1.04. The van der Waals surface area contributed by atoms with Gasteiger partial charge in [0.25, 0.3) is 0 Å². The highest BCUT2D eigenvalue weighted by molar-refractivity contribution is 7.80. The van der Waals surface area contributed by atoms with Crippen LogP contribution >= 0.6 is 25.3 Å². The molecule has 0 atom stereocenters. The zero-order valence-corrected chi connectivity index (χ0v) is 5.52. The molecule has 1 heterocycles. The van der Waals surface area contributed by atoms with Crippen LogP contribution < -0.4 is 0 Å². The van der Waals surface area contributed by atoms with Crippen LogP contribution in [0.2, 0.25) is 0 Å². The van der Waals surface area contributed by atoms with Crippen molar-refractivity contribution in [3.63, 3.8) is 0 Å². The third kappa shape index (κ3) is 1.34. The summed E-state index contributed by atoms with van der Waals surface area (Å²) in [5.74, 6) is 0. The highest BCUT2D eigenvalue weighted by Gasteiger charge is 1.87. The van der Waals surface area contributed by atoms with E-state index in [-0.39, 0.29) is 0 Å². The molecule has 1 rings (SSSR count). The topological polar surface area (TPSA) is 38.7 Å². The molecule has 5 heteroatoms. The van der Waals surface area contributed by atoms with Gasteiger partial charge < -0.3 is 0 Å². The van der Waals surface area contributed by atoms with Gasteiger partial charge in [-0.05, 0) is 0 Å². The lowest BCUT2D eigenvalue weighted by atomic mass is 11.1. The molecule has 0 saturated heterocycles. The highest BCUT2D eigenvalue weighted by atomic mass is 32.1. The molecule has 0 spiro atoms. The molecule has 0 unspecified atom stereocenters. The van der Waals surface area contributed by atoms with E-state index in [1.165, 1.54) is 0 Å². The standard InChI is InChI=1S/C3H2N3S2/c7-2-4-1-5-3(8)6-2/h(H2,4,5,6,7,8). The minimum absolute atomic E-state index is 0.338. The maximum Gasteiger partial charge on any atom is 0.202 e. The van der Waals surface area contributed by atoms with E-state index < -0.39 is 0 Å². The van der Waals surface area contributed by atoms with Gasteiger partial charge >= 0.3 is 0 Å². The summed E-state index contributed by atoms with van der Waals surface area (Å²) < 4.78 is 0. The van der Waals surface area contributed by atoms with Crippen LogP contribution in [-0.4, -0.2) is 15.0 Å². The zero-order valence-electron chi connectivity index (χ0n) is 3.74. The van der Waals surface area contributed by atoms with Crippen molar-refractivity contribution in [1.29, 1.82) is 0 Å². The average molecular weight is 144 g/mol. The fourth-order valence-corrected chi connectivity index (χ4v) is 0.612. The van der Waals surface area contributed by atoms with Gasteiger partial charge in [-0.1, -0.05) is 0 Å². The van der Waals surface area contributed by atoms with Gasteiger partial charge in [0, 0.05) is 0 Å². The van der Waals surface area contributed by atoms with Gasteiger partial charge in [-0.15, -0.1) is 25.3 Å². The van der Waals surface area contributed by atoms with Gasteiger partial charge in [-0.3, -0.25) is 0 Å². The van der Waals surface area contributed by atoms with Gasteiger partial charge in [0.05, 0.1) is 0 Å². The molecule has 0 aliphatic rings. The summed E-state index contributed by atoms with van der Waals surface area (Å²) in [6.45, 7) is 0. The molecule has 1 aromatic heterocycles. The SMILES string of the molecule is Sc1n[c]nc(S)n1. The van der Waals surface area contributed by atoms with Gasteiger partial charge in [-0.25, -0.2) is 0 Å². The van der Waals surface area contributed by atoms with Crippen LogP contribution in [0.15, 0.2) is 10.3 Å². The van der Waals surface area contributed by atoms with Crippen molar-refractivity contribution in [1.82, 2.24) is 15.0 Å². The Labute approximate surface area is 57.4 Å². The number of rotatable bonds is 0. The average Bonchev–Trinajstić information content (AvgIpc) is 1.64. The Hall–Kier alpha value is -0.290. The van der Waals surface area contributed by atoms with Crippen molar-refractivity contribution in [3.05, 3.63) is 6.33 Å². The summed E-state index contributed by atoms with van der Waals surface area (Å²) in [6, 6.07) is 0. The van der Waals surface area contributed by atoms with Gasteiger partial charge in [0.2, 0.25) is 6.33 Å². The van der Waals surface area contributed by atoms with Crippen molar-refractivity contribution in [2.24, 2.45) is 0 Å². The quantitative estimate of drug-likeness (QED) is 0.513. The molecule has 0 saturated carbocycles. The molecule has 0 aliphatic carbocycles. The maximum atomic E-state index is 3.81. The Morgan fingerprint density at radius 3 is 1.88 bits per heavy atom. The number of hydrogen-bond acceptors (Lipinski definition) is 5. The fourth-order valence-electron chi connectivity index (χ4n) is 0.254. The Morgan fingerprint density at radius 2 is 1.62 bits per heavy atom. The van der Waals surface area contributed by atoms with Crippen LogP contribution in [-0.2, 0) is 0 Å². The summed E-state index contributed by atoms with van der Waals surface area (Å²) in [6.07, 6.45) is 2.31. The molecule has 0 amide bonds. The Balaban J connectivity index is 3.08. The summed E-state index contributed by atoms with van der Waals surface area (Å²) in [5, 5.41) is 0.676. The largest absolute Gasteiger partial charge is 0.202 e. The summed E-state index contributed by atoms with van der Waals surface area (Å²) >= 11 is 7.62. The minimum atomic E-state index is 0.338. The monoisotopic (exact) mass is 144 g/mol. The number of nitrogens with zero attached hydrogens (tertiary/aromatic N) is 3. The fraction of sp³-hybridized carbons (Fsp3) is 0. The van der Waals surface area contributed by atoms with E-state index in [0.717, 1.165) is 0 Å². The molecule has 1 aromatic rings. The van der Waals surface area contributed by atoms with Crippen molar-refractivity contribution >= 4 is 25.3 Å². The van der Waals surface area contributed by atoms with E-state index in [1.807, 2.05) is 0 Å². The third-order valence-corrected chi connectivity index (χ3v) is 0.900. The summed E-state index contributed by atoms with van der Waals surface area (Å²) in [4.78, 5) is 10.7.